The van der Waals surface area contributed by atoms with E-state index in [1.807, 2.05) is 26.0 Å². The van der Waals surface area contributed by atoms with Gasteiger partial charge in [-0.25, -0.2) is 4.79 Å². The van der Waals surface area contributed by atoms with Gasteiger partial charge in [-0.05, 0) is 13.0 Å². The lowest BCUT2D eigenvalue weighted by molar-refractivity contribution is -0.138. The largest absolute Gasteiger partial charge is 0.462 e. The summed E-state index contributed by atoms with van der Waals surface area (Å²) in [7, 11) is 0. The Bertz CT molecular complexity index is 329. The van der Waals surface area contributed by atoms with Gasteiger partial charge in [-0.1, -0.05) is 38.7 Å². The summed E-state index contributed by atoms with van der Waals surface area (Å²) in [5, 5.41) is 3.30. The topological polar surface area (TPSA) is 41.6 Å². The Kier molecular flexibility index (Phi) is 11.8. The normalized spacial score (nSPS) is 16.4. The van der Waals surface area contributed by atoms with Crippen molar-refractivity contribution in [2.24, 2.45) is 0 Å². The van der Waals surface area contributed by atoms with Crippen LogP contribution in [0.1, 0.15) is 20.8 Å². The zero-order valence-electron chi connectivity index (χ0n) is 13.0. The van der Waals surface area contributed by atoms with E-state index in [9.17, 15) is 4.79 Å². The lowest BCUT2D eigenvalue weighted by Crippen LogP contribution is -2.43. The molecule has 0 aliphatic carbocycles. The number of hydrogen-bond donors (Lipinski definition) is 1. The molecule has 1 saturated heterocycles. The molecule has 0 amide bonds. The number of ether oxygens (including phenoxy) is 1. The van der Waals surface area contributed by atoms with E-state index in [0.29, 0.717) is 12.2 Å². The van der Waals surface area contributed by atoms with E-state index in [4.69, 9.17) is 4.74 Å². The average molecular weight is 280 g/mol. The summed E-state index contributed by atoms with van der Waals surface area (Å²) in [5.41, 5.74) is 0.544. The number of nitrogens with one attached hydrogen (secondary N) is 1. The molecule has 1 rings (SSSR count). The summed E-state index contributed by atoms with van der Waals surface area (Å²) in [6, 6.07) is 0. The van der Waals surface area contributed by atoms with E-state index in [1.165, 1.54) is 0 Å². The summed E-state index contributed by atoms with van der Waals surface area (Å²) in [6.07, 6.45) is 7.08. The highest BCUT2D eigenvalue weighted by molar-refractivity contribution is 5.91. The lowest BCUT2D eigenvalue weighted by Gasteiger charge is -2.25. The van der Waals surface area contributed by atoms with Crippen LogP contribution in [0.2, 0.25) is 0 Å². The van der Waals surface area contributed by atoms with Crippen LogP contribution in [0.3, 0.4) is 0 Å². The summed E-state index contributed by atoms with van der Waals surface area (Å²) in [5.74, 6) is -0.297. The highest BCUT2D eigenvalue weighted by Crippen LogP contribution is 2.02. The number of nitrogens with zero attached hydrogens (tertiary/aromatic N) is 1. The van der Waals surface area contributed by atoms with Crippen molar-refractivity contribution in [3.8, 4) is 0 Å². The number of carbonyl (C=O) groups excluding carboxylic acids is 1. The Labute approximate surface area is 123 Å². The van der Waals surface area contributed by atoms with Crippen molar-refractivity contribution in [3.63, 3.8) is 0 Å². The molecule has 1 aliphatic heterocycles. The highest BCUT2D eigenvalue weighted by atomic mass is 16.5. The second-order valence-electron chi connectivity index (χ2n) is 4.03. The maximum absolute atomic E-state index is 11.6. The van der Waals surface area contributed by atoms with E-state index in [0.717, 1.165) is 32.7 Å². The molecule has 0 aromatic rings. The Morgan fingerprint density at radius 1 is 1.35 bits per heavy atom. The predicted octanol–water partition coefficient (Wildman–Crippen LogP) is 2.15. The highest BCUT2D eigenvalue weighted by Gasteiger charge is 2.08. The minimum Gasteiger partial charge on any atom is -0.462 e. The number of rotatable bonds is 6. The lowest BCUT2D eigenvalue weighted by atomic mass is 10.2. The molecule has 4 nitrogen and oxygen atoms in total. The van der Waals surface area contributed by atoms with Crippen molar-refractivity contribution in [2.75, 3.05) is 39.3 Å². The molecule has 0 atom stereocenters. The molecule has 1 N–H and O–H groups in total. The molecule has 0 aromatic carbocycles. The zero-order chi connectivity index (χ0) is 15.2. The van der Waals surface area contributed by atoms with E-state index >= 15 is 0 Å². The third-order valence-corrected chi connectivity index (χ3v) is 2.68. The van der Waals surface area contributed by atoms with Gasteiger partial charge >= 0.3 is 5.97 Å². The minimum absolute atomic E-state index is 0.297. The molecular weight excluding hydrogens is 252 g/mol. The predicted molar refractivity (Wildman–Crippen MR) is 84.7 cm³/mol. The molecule has 114 valence electrons. The Hall–Kier alpha value is -1.39. The quantitative estimate of drug-likeness (QED) is 0.460. The van der Waals surface area contributed by atoms with Crippen LogP contribution in [0.4, 0.5) is 0 Å². The van der Waals surface area contributed by atoms with Crippen LogP contribution < -0.4 is 5.32 Å². The molecule has 0 aromatic heterocycles. The third-order valence-electron chi connectivity index (χ3n) is 2.68. The van der Waals surface area contributed by atoms with Crippen molar-refractivity contribution in [2.45, 2.75) is 20.8 Å². The van der Waals surface area contributed by atoms with Crippen LogP contribution in [0.15, 0.2) is 36.5 Å². The third kappa shape index (κ3) is 7.92. The maximum Gasteiger partial charge on any atom is 0.338 e. The van der Waals surface area contributed by atoms with Crippen molar-refractivity contribution in [1.29, 1.82) is 0 Å². The number of carbonyl (C=O) groups is 1. The van der Waals surface area contributed by atoms with Crippen molar-refractivity contribution in [1.82, 2.24) is 10.2 Å². The fourth-order valence-electron chi connectivity index (χ4n) is 1.76. The maximum atomic E-state index is 11.6. The SMILES string of the molecule is C=C/C=C(\C=C/CN1CCNCC1)C(=O)OCC.CC. The van der Waals surface area contributed by atoms with Crippen molar-refractivity contribution in [3.05, 3.63) is 36.5 Å². The number of piperazine rings is 1. The molecule has 1 heterocycles. The first-order chi connectivity index (χ1) is 9.77. The number of esters is 1. The molecule has 0 spiro atoms. The van der Waals surface area contributed by atoms with Gasteiger partial charge in [-0.15, -0.1) is 0 Å². The van der Waals surface area contributed by atoms with Gasteiger partial charge < -0.3 is 10.1 Å². The molecule has 0 bridgehead atoms. The van der Waals surface area contributed by atoms with E-state index in [2.05, 4.69) is 16.8 Å². The fraction of sp³-hybridized carbons (Fsp3) is 0.562. The first kappa shape index (κ1) is 18.6. The summed E-state index contributed by atoms with van der Waals surface area (Å²) in [4.78, 5) is 13.9. The Morgan fingerprint density at radius 2 is 2.00 bits per heavy atom. The van der Waals surface area contributed by atoms with E-state index in [-0.39, 0.29) is 5.97 Å². The first-order valence-electron chi connectivity index (χ1n) is 7.37. The Morgan fingerprint density at radius 3 is 2.55 bits per heavy atom. The number of hydrogen-bond acceptors (Lipinski definition) is 4. The van der Waals surface area contributed by atoms with Crippen molar-refractivity contribution >= 4 is 5.97 Å². The molecule has 0 saturated carbocycles. The van der Waals surface area contributed by atoms with E-state index < -0.39 is 0 Å². The van der Waals surface area contributed by atoms with Crippen LogP contribution >= 0.6 is 0 Å². The van der Waals surface area contributed by atoms with Gasteiger partial charge in [-0.2, -0.15) is 0 Å². The standard InChI is InChI=1S/C14H22N2O2.C2H6/c1-3-6-13(14(17)18-4-2)7-5-10-16-11-8-15-9-12-16;1-2/h3,5-7,15H,1,4,8-12H2,2H3;1-2H3/b7-5-,13-6+;. The van der Waals surface area contributed by atoms with E-state index in [1.54, 1.807) is 19.1 Å². The second-order valence-corrected chi connectivity index (χ2v) is 4.03. The molecule has 0 unspecified atom stereocenters. The smallest absolute Gasteiger partial charge is 0.338 e. The van der Waals surface area contributed by atoms with Crippen LogP contribution in [-0.2, 0) is 9.53 Å². The van der Waals surface area contributed by atoms with Gasteiger partial charge in [-0.3, -0.25) is 4.90 Å². The monoisotopic (exact) mass is 280 g/mol. The van der Waals surface area contributed by atoms with Crippen LogP contribution in [0.25, 0.3) is 0 Å². The zero-order valence-corrected chi connectivity index (χ0v) is 13.0. The van der Waals surface area contributed by atoms with Gasteiger partial charge in [0.15, 0.2) is 0 Å². The molecule has 1 aliphatic rings. The molecule has 0 radical (unpaired) electrons. The van der Waals surface area contributed by atoms with Crippen LogP contribution in [0, 0.1) is 0 Å². The van der Waals surface area contributed by atoms with Crippen LogP contribution in [-0.4, -0.2) is 50.2 Å². The second kappa shape index (κ2) is 12.6. The van der Waals surface area contributed by atoms with Gasteiger partial charge in [0.2, 0.25) is 0 Å². The molecule has 4 heteroatoms. The Balaban J connectivity index is 0.00000172. The minimum atomic E-state index is -0.297. The fourth-order valence-corrected chi connectivity index (χ4v) is 1.76. The first-order valence-corrected chi connectivity index (χ1v) is 7.37. The van der Waals surface area contributed by atoms with Crippen LogP contribution in [0.5, 0.6) is 0 Å². The van der Waals surface area contributed by atoms with Gasteiger partial charge in [0.05, 0.1) is 12.2 Å². The summed E-state index contributed by atoms with van der Waals surface area (Å²) >= 11 is 0. The van der Waals surface area contributed by atoms with Gasteiger partial charge in [0.25, 0.3) is 0 Å². The number of allylic oxidation sites excluding steroid dienone is 2. The molecule has 20 heavy (non-hydrogen) atoms. The summed E-state index contributed by atoms with van der Waals surface area (Å²) in [6.45, 7) is 14.8. The molecular formula is C16H28N2O2. The summed E-state index contributed by atoms with van der Waals surface area (Å²) < 4.78 is 4.97. The molecule has 1 fully saturated rings. The van der Waals surface area contributed by atoms with Crippen molar-refractivity contribution < 1.29 is 9.53 Å². The average Bonchev–Trinajstić information content (AvgIpc) is 2.50. The van der Waals surface area contributed by atoms with Gasteiger partial charge in [0.1, 0.15) is 0 Å². The van der Waals surface area contributed by atoms with Gasteiger partial charge in [0, 0.05) is 32.7 Å².